The Balaban J connectivity index is 0.00000312. The molecule has 0 spiro atoms. The van der Waals surface area contributed by atoms with E-state index in [9.17, 15) is 9.18 Å². The highest BCUT2D eigenvalue weighted by atomic mass is 127. The van der Waals surface area contributed by atoms with Crippen LogP contribution in [0.2, 0.25) is 0 Å². The molecule has 0 unspecified atom stereocenters. The monoisotopic (exact) mass is 462 g/mol. The molecule has 0 saturated heterocycles. The number of nitrogens with zero attached hydrogens (tertiary/aromatic N) is 1. The fourth-order valence-corrected chi connectivity index (χ4v) is 2.65. The first-order valence-electron chi connectivity index (χ1n) is 8.65. The second kappa shape index (κ2) is 10.6. The van der Waals surface area contributed by atoms with Crippen LogP contribution < -0.4 is 16.0 Å². The molecule has 1 aromatic rings. The van der Waals surface area contributed by atoms with Crippen LogP contribution in [0.5, 0.6) is 0 Å². The van der Waals surface area contributed by atoms with E-state index in [2.05, 4.69) is 20.9 Å². The van der Waals surface area contributed by atoms with Gasteiger partial charge in [0.05, 0.1) is 0 Å². The van der Waals surface area contributed by atoms with Gasteiger partial charge >= 0.3 is 0 Å². The summed E-state index contributed by atoms with van der Waals surface area (Å²) in [5, 5.41) is 9.18. The number of benzene rings is 1. The lowest BCUT2D eigenvalue weighted by Crippen LogP contribution is -2.42. The molecule has 2 rings (SSSR count). The maximum atomic E-state index is 14.0. The molecule has 0 heterocycles. The normalized spacial score (nSPS) is 15.1. The van der Waals surface area contributed by atoms with Crippen molar-refractivity contribution in [2.45, 2.75) is 38.5 Å². The molecule has 1 saturated carbocycles. The van der Waals surface area contributed by atoms with Crippen LogP contribution in [0.25, 0.3) is 0 Å². The lowest BCUT2D eigenvalue weighted by atomic mass is 9.95. The minimum absolute atomic E-state index is 0. The molecule has 140 valence electrons. The van der Waals surface area contributed by atoms with E-state index in [0.717, 1.165) is 24.8 Å². The molecule has 25 heavy (non-hydrogen) atoms. The van der Waals surface area contributed by atoms with Gasteiger partial charge in [-0.2, -0.15) is 0 Å². The number of nitrogens with one attached hydrogen (secondary N) is 3. The maximum absolute atomic E-state index is 14.0. The third kappa shape index (κ3) is 6.45. The van der Waals surface area contributed by atoms with E-state index in [4.69, 9.17) is 0 Å². The number of aliphatic imine (C=N–C) groups is 1. The summed E-state index contributed by atoms with van der Waals surface area (Å²) in [7, 11) is 0. The van der Waals surface area contributed by atoms with Crippen LogP contribution in [-0.2, 0) is 10.2 Å². The van der Waals surface area contributed by atoms with Gasteiger partial charge < -0.3 is 16.0 Å². The van der Waals surface area contributed by atoms with Gasteiger partial charge in [-0.05, 0) is 37.8 Å². The molecule has 1 aromatic carbocycles. The first kappa shape index (κ1) is 21.7. The Bertz CT molecular complexity index is 590. The van der Waals surface area contributed by atoms with E-state index in [1.165, 1.54) is 6.07 Å². The summed E-state index contributed by atoms with van der Waals surface area (Å²) in [5.74, 6) is 0.341. The van der Waals surface area contributed by atoms with Crippen molar-refractivity contribution >= 4 is 35.8 Å². The Hall–Kier alpha value is -1.38. The van der Waals surface area contributed by atoms with Crippen LogP contribution in [0.1, 0.15) is 38.7 Å². The first-order chi connectivity index (χ1) is 11.6. The van der Waals surface area contributed by atoms with Gasteiger partial charge in [-0.25, -0.2) is 9.38 Å². The highest BCUT2D eigenvalue weighted by molar-refractivity contribution is 14.0. The Morgan fingerprint density at radius 3 is 2.52 bits per heavy atom. The molecule has 1 aliphatic carbocycles. The number of carbonyl (C=O) groups excluding carboxylic acids is 1. The molecule has 1 aliphatic rings. The van der Waals surface area contributed by atoms with Crippen molar-refractivity contribution in [2.75, 3.05) is 26.2 Å². The number of hydrogen-bond acceptors (Lipinski definition) is 2. The van der Waals surface area contributed by atoms with Crippen LogP contribution in [0.15, 0.2) is 29.3 Å². The quantitative estimate of drug-likeness (QED) is 0.316. The standard InChI is InChI=1S/C18H27FN4O.HI/c1-3-11-21-16(24)12-22-17(20-4-2)23-13-18(9-10-18)14-7-5-6-8-15(14)19;/h5-8H,3-4,9-13H2,1-2H3,(H,21,24)(H2,20,22,23);1H. The van der Waals surface area contributed by atoms with E-state index >= 15 is 0 Å². The van der Waals surface area contributed by atoms with Crippen molar-refractivity contribution in [1.29, 1.82) is 0 Å². The van der Waals surface area contributed by atoms with E-state index in [1.54, 1.807) is 6.07 Å². The zero-order valence-electron chi connectivity index (χ0n) is 14.9. The number of guanidine groups is 1. The summed E-state index contributed by atoms with van der Waals surface area (Å²) in [6, 6.07) is 6.94. The summed E-state index contributed by atoms with van der Waals surface area (Å²) in [6.45, 7) is 6.04. The van der Waals surface area contributed by atoms with Gasteiger partial charge in [0.1, 0.15) is 12.4 Å². The highest BCUT2D eigenvalue weighted by Gasteiger charge is 2.45. The van der Waals surface area contributed by atoms with Crippen molar-refractivity contribution in [3.63, 3.8) is 0 Å². The van der Waals surface area contributed by atoms with Crippen LogP contribution in [0.4, 0.5) is 4.39 Å². The SMILES string of the molecule is CCCNC(=O)CN=C(NCC)NCC1(c2ccccc2F)CC1.I. The molecule has 1 fully saturated rings. The third-order valence-corrected chi connectivity index (χ3v) is 4.19. The van der Waals surface area contributed by atoms with E-state index in [0.29, 0.717) is 25.6 Å². The Kier molecular flexibility index (Phi) is 9.16. The largest absolute Gasteiger partial charge is 0.357 e. The van der Waals surface area contributed by atoms with Crippen molar-refractivity contribution in [1.82, 2.24) is 16.0 Å². The number of carbonyl (C=O) groups is 1. The van der Waals surface area contributed by atoms with Crippen LogP contribution >= 0.6 is 24.0 Å². The average Bonchev–Trinajstić information content (AvgIpc) is 3.37. The van der Waals surface area contributed by atoms with E-state index in [-0.39, 0.29) is 47.7 Å². The van der Waals surface area contributed by atoms with Gasteiger partial charge in [0, 0.05) is 25.0 Å². The third-order valence-electron chi connectivity index (χ3n) is 4.19. The molecule has 5 nitrogen and oxygen atoms in total. The number of rotatable bonds is 8. The zero-order valence-corrected chi connectivity index (χ0v) is 17.2. The summed E-state index contributed by atoms with van der Waals surface area (Å²) in [5.41, 5.74) is 0.598. The van der Waals surface area contributed by atoms with Crippen LogP contribution in [0.3, 0.4) is 0 Å². The van der Waals surface area contributed by atoms with Gasteiger partial charge in [0.2, 0.25) is 5.91 Å². The summed E-state index contributed by atoms with van der Waals surface area (Å²) < 4.78 is 14.0. The van der Waals surface area contributed by atoms with Gasteiger partial charge in [-0.3, -0.25) is 4.79 Å². The topological polar surface area (TPSA) is 65.5 Å². The molecule has 0 aliphatic heterocycles. The summed E-state index contributed by atoms with van der Waals surface area (Å²) >= 11 is 0. The average molecular weight is 462 g/mol. The predicted octanol–water partition coefficient (Wildman–Crippen LogP) is 2.56. The minimum Gasteiger partial charge on any atom is -0.357 e. The number of hydrogen-bond donors (Lipinski definition) is 3. The van der Waals surface area contributed by atoms with Crippen LogP contribution in [0, 0.1) is 5.82 Å². The molecular weight excluding hydrogens is 434 g/mol. The van der Waals surface area contributed by atoms with Gasteiger partial charge in [0.15, 0.2) is 5.96 Å². The maximum Gasteiger partial charge on any atom is 0.241 e. The highest BCUT2D eigenvalue weighted by Crippen LogP contribution is 2.48. The molecule has 0 radical (unpaired) electrons. The smallest absolute Gasteiger partial charge is 0.241 e. The molecule has 1 amide bonds. The fourth-order valence-electron chi connectivity index (χ4n) is 2.65. The molecule has 0 atom stereocenters. The van der Waals surface area contributed by atoms with Gasteiger partial charge in [-0.1, -0.05) is 25.1 Å². The Labute approximate surface area is 166 Å². The predicted molar refractivity (Wildman–Crippen MR) is 110 cm³/mol. The lowest BCUT2D eigenvalue weighted by molar-refractivity contribution is -0.119. The zero-order chi connectivity index (χ0) is 17.4. The Morgan fingerprint density at radius 2 is 1.92 bits per heavy atom. The van der Waals surface area contributed by atoms with Crippen molar-refractivity contribution in [3.05, 3.63) is 35.6 Å². The molecule has 3 N–H and O–H groups in total. The number of amides is 1. The molecule has 0 bridgehead atoms. The second-order valence-electron chi connectivity index (χ2n) is 6.16. The Morgan fingerprint density at radius 1 is 1.20 bits per heavy atom. The van der Waals surface area contributed by atoms with Crippen molar-refractivity contribution in [2.24, 2.45) is 4.99 Å². The minimum atomic E-state index is -0.161. The van der Waals surface area contributed by atoms with Crippen molar-refractivity contribution < 1.29 is 9.18 Å². The first-order valence-corrected chi connectivity index (χ1v) is 8.65. The molecular formula is C18H28FIN4O. The molecule has 7 heteroatoms. The summed E-state index contributed by atoms with van der Waals surface area (Å²) in [4.78, 5) is 16.0. The van der Waals surface area contributed by atoms with Gasteiger partial charge in [0.25, 0.3) is 0 Å². The molecule has 0 aromatic heterocycles. The van der Waals surface area contributed by atoms with Crippen molar-refractivity contribution in [3.8, 4) is 0 Å². The van der Waals surface area contributed by atoms with E-state index < -0.39 is 0 Å². The van der Waals surface area contributed by atoms with Gasteiger partial charge in [-0.15, -0.1) is 24.0 Å². The number of halogens is 2. The van der Waals surface area contributed by atoms with E-state index in [1.807, 2.05) is 26.0 Å². The summed E-state index contributed by atoms with van der Waals surface area (Å²) in [6.07, 6.45) is 2.81. The lowest BCUT2D eigenvalue weighted by Gasteiger charge is -2.19. The second-order valence-corrected chi connectivity index (χ2v) is 6.16. The fraction of sp³-hybridized carbons (Fsp3) is 0.556. The van der Waals surface area contributed by atoms with Crippen LogP contribution in [-0.4, -0.2) is 38.0 Å².